The Bertz CT molecular complexity index is 467. The summed E-state index contributed by atoms with van der Waals surface area (Å²) in [5.74, 6) is -0.276. The van der Waals surface area contributed by atoms with Gasteiger partial charge in [0.15, 0.2) is 9.84 Å². The van der Waals surface area contributed by atoms with Crippen LogP contribution >= 0.6 is 22.9 Å². The van der Waals surface area contributed by atoms with Gasteiger partial charge in [-0.1, -0.05) is 6.92 Å². The van der Waals surface area contributed by atoms with E-state index >= 15 is 0 Å². The first-order valence-electron chi connectivity index (χ1n) is 4.63. The number of rotatable bonds is 5. The predicted octanol–water partition coefficient (Wildman–Crippen LogP) is 1.40. The van der Waals surface area contributed by atoms with Gasteiger partial charge < -0.3 is 5.32 Å². The zero-order chi connectivity index (χ0) is 12.2. The average Bonchev–Trinajstić information content (AvgIpc) is 2.75. The summed E-state index contributed by atoms with van der Waals surface area (Å²) in [6, 6.07) is 3.26. The summed E-state index contributed by atoms with van der Waals surface area (Å²) in [6.45, 7) is 1.92. The molecule has 0 unspecified atom stereocenters. The van der Waals surface area contributed by atoms with E-state index in [0.717, 1.165) is 4.88 Å². The molecule has 0 aliphatic heterocycles. The van der Waals surface area contributed by atoms with Crippen molar-refractivity contribution >= 4 is 38.7 Å². The Morgan fingerprint density at radius 2 is 2.19 bits per heavy atom. The van der Waals surface area contributed by atoms with Gasteiger partial charge in [0.05, 0.1) is 12.3 Å². The zero-order valence-corrected chi connectivity index (χ0v) is 11.1. The monoisotopic (exact) mass is 281 g/mol. The van der Waals surface area contributed by atoms with Gasteiger partial charge in [-0.25, -0.2) is 8.42 Å². The molecule has 0 spiro atoms. The van der Waals surface area contributed by atoms with Crippen molar-refractivity contribution in [2.24, 2.45) is 0 Å². The number of amides is 1. The molecular weight excluding hydrogens is 270 g/mol. The van der Waals surface area contributed by atoms with Crippen LogP contribution in [0.25, 0.3) is 0 Å². The molecule has 1 N–H and O–H groups in total. The number of hydrogen-bond donors (Lipinski definition) is 1. The van der Waals surface area contributed by atoms with Crippen molar-refractivity contribution in [2.75, 3.05) is 11.6 Å². The van der Waals surface area contributed by atoms with Crippen LogP contribution in [0.2, 0.25) is 0 Å². The molecule has 0 bridgehead atoms. The summed E-state index contributed by atoms with van der Waals surface area (Å²) in [5.41, 5.74) is 0. The Balaban J connectivity index is 2.69. The summed E-state index contributed by atoms with van der Waals surface area (Å²) in [4.78, 5) is 11.7. The van der Waals surface area contributed by atoms with Crippen LogP contribution in [-0.4, -0.2) is 26.0 Å². The van der Waals surface area contributed by atoms with Crippen LogP contribution < -0.4 is 5.32 Å². The number of alkyl halides is 1. The van der Waals surface area contributed by atoms with Crippen molar-refractivity contribution in [1.29, 1.82) is 0 Å². The van der Waals surface area contributed by atoms with Gasteiger partial charge >= 0.3 is 0 Å². The Labute approximate surface area is 104 Å². The standard InChI is InChI=1S/C9H12ClNO3S2/c1-2-16(13,14)9-4-3-7(15-9)6-11-8(12)5-10/h3-4H,2,5-6H2,1H3,(H,11,12). The third-order valence-corrected chi connectivity index (χ3v) is 5.55. The van der Waals surface area contributed by atoms with Crippen molar-refractivity contribution in [3.8, 4) is 0 Å². The second-order valence-corrected chi connectivity index (χ2v) is 6.98. The first-order chi connectivity index (χ1) is 7.49. The molecule has 1 aromatic heterocycles. The minimum atomic E-state index is -3.14. The topological polar surface area (TPSA) is 63.2 Å². The molecule has 0 radical (unpaired) electrons. The number of halogens is 1. The van der Waals surface area contributed by atoms with Gasteiger partial charge in [-0.3, -0.25) is 4.79 Å². The number of nitrogens with one attached hydrogen (secondary N) is 1. The van der Waals surface area contributed by atoms with Gasteiger partial charge in [-0.2, -0.15) is 0 Å². The molecule has 7 heteroatoms. The SMILES string of the molecule is CCS(=O)(=O)c1ccc(CNC(=O)CCl)s1. The number of thiophene rings is 1. The van der Waals surface area contributed by atoms with Crippen LogP contribution in [-0.2, 0) is 21.2 Å². The van der Waals surface area contributed by atoms with E-state index < -0.39 is 9.84 Å². The molecule has 0 aromatic carbocycles. The van der Waals surface area contributed by atoms with Gasteiger partial charge in [-0.05, 0) is 12.1 Å². The van der Waals surface area contributed by atoms with Crippen molar-refractivity contribution in [2.45, 2.75) is 17.7 Å². The van der Waals surface area contributed by atoms with Gasteiger partial charge in [0.1, 0.15) is 10.1 Å². The quantitative estimate of drug-likeness (QED) is 0.830. The molecule has 90 valence electrons. The lowest BCUT2D eigenvalue weighted by molar-refractivity contribution is -0.118. The molecule has 1 amide bonds. The normalized spacial score (nSPS) is 11.4. The highest BCUT2D eigenvalue weighted by Gasteiger charge is 2.14. The van der Waals surface area contributed by atoms with Gasteiger partial charge in [0, 0.05) is 4.88 Å². The first-order valence-corrected chi connectivity index (χ1v) is 7.64. The maximum absolute atomic E-state index is 11.5. The Kier molecular flexibility index (Phi) is 4.76. The summed E-state index contributed by atoms with van der Waals surface area (Å²) < 4.78 is 23.4. The molecule has 1 rings (SSSR count). The smallest absolute Gasteiger partial charge is 0.235 e. The lowest BCUT2D eigenvalue weighted by Gasteiger charge is -1.99. The minimum absolute atomic E-state index is 0.0843. The van der Waals surface area contributed by atoms with E-state index in [9.17, 15) is 13.2 Å². The first kappa shape index (κ1) is 13.5. The minimum Gasteiger partial charge on any atom is -0.350 e. The van der Waals surface area contributed by atoms with Crippen molar-refractivity contribution in [3.63, 3.8) is 0 Å². The van der Waals surface area contributed by atoms with Crippen LogP contribution in [0.4, 0.5) is 0 Å². The third-order valence-electron chi connectivity index (χ3n) is 1.90. The van der Waals surface area contributed by atoms with E-state index in [0.29, 0.717) is 10.8 Å². The highest BCUT2D eigenvalue weighted by atomic mass is 35.5. The molecule has 1 heterocycles. The fourth-order valence-electron chi connectivity index (χ4n) is 0.996. The number of carbonyl (C=O) groups is 1. The molecule has 0 saturated carbocycles. The molecular formula is C9H12ClNO3S2. The summed E-state index contributed by atoms with van der Waals surface area (Å²) in [6.07, 6.45) is 0. The Morgan fingerprint density at radius 1 is 1.50 bits per heavy atom. The molecule has 0 aliphatic carbocycles. The highest BCUT2D eigenvalue weighted by Crippen LogP contribution is 2.22. The lowest BCUT2D eigenvalue weighted by atomic mass is 10.4. The van der Waals surface area contributed by atoms with Crippen LogP contribution in [0.5, 0.6) is 0 Å². The zero-order valence-electron chi connectivity index (χ0n) is 8.70. The molecule has 0 aliphatic rings. The van der Waals surface area contributed by atoms with Gasteiger partial charge in [-0.15, -0.1) is 22.9 Å². The number of carbonyl (C=O) groups excluding carboxylic acids is 1. The Morgan fingerprint density at radius 3 is 2.75 bits per heavy atom. The summed E-state index contributed by atoms with van der Waals surface area (Å²) in [5, 5.41) is 2.58. The molecule has 1 aromatic rings. The average molecular weight is 282 g/mol. The molecule has 16 heavy (non-hydrogen) atoms. The molecule has 4 nitrogen and oxygen atoms in total. The van der Waals surface area contributed by atoms with Gasteiger partial charge in [0.2, 0.25) is 5.91 Å². The van der Waals surface area contributed by atoms with E-state index in [4.69, 9.17) is 11.6 Å². The van der Waals surface area contributed by atoms with Crippen LogP contribution in [0.1, 0.15) is 11.8 Å². The molecule has 0 fully saturated rings. The molecule has 0 atom stereocenters. The second-order valence-electron chi connectivity index (χ2n) is 3.03. The predicted molar refractivity (Wildman–Crippen MR) is 64.6 cm³/mol. The highest BCUT2D eigenvalue weighted by molar-refractivity contribution is 7.93. The van der Waals surface area contributed by atoms with E-state index in [2.05, 4.69) is 5.32 Å². The van der Waals surface area contributed by atoms with Crippen LogP contribution in [0, 0.1) is 0 Å². The fraction of sp³-hybridized carbons (Fsp3) is 0.444. The largest absolute Gasteiger partial charge is 0.350 e. The van der Waals surface area contributed by atoms with Crippen molar-refractivity contribution < 1.29 is 13.2 Å². The molecule has 0 saturated heterocycles. The van der Waals surface area contributed by atoms with E-state index in [1.165, 1.54) is 11.3 Å². The van der Waals surface area contributed by atoms with E-state index in [-0.39, 0.29) is 17.5 Å². The fourth-order valence-corrected chi connectivity index (χ4v) is 3.51. The summed E-state index contributed by atoms with van der Waals surface area (Å²) >= 11 is 6.49. The Hall–Kier alpha value is -0.590. The number of hydrogen-bond acceptors (Lipinski definition) is 4. The maximum Gasteiger partial charge on any atom is 0.235 e. The van der Waals surface area contributed by atoms with Gasteiger partial charge in [0.25, 0.3) is 0 Å². The van der Waals surface area contributed by atoms with Crippen molar-refractivity contribution in [3.05, 3.63) is 17.0 Å². The van der Waals surface area contributed by atoms with E-state index in [1.807, 2.05) is 0 Å². The lowest BCUT2D eigenvalue weighted by Crippen LogP contribution is -2.23. The van der Waals surface area contributed by atoms with Crippen molar-refractivity contribution in [1.82, 2.24) is 5.32 Å². The summed E-state index contributed by atoms with van der Waals surface area (Å²) in [7, 11) is -3.14. The number of sulfone groups is 1. The second kappa shape index (κ2) is 5.65. The van der Waals surface area contributed by atoms with E-state index in [1.54, 1.807) is 19.1 Å². The van der Waals surface area contributed by atoms with Crippen LogP contribution in [0.15, 0.2) is 16.3 Å². The third kappa shape index (κ3) is 3.47. The van der Waals surface area contributed by atoms with Crippen LogP contribution in [0.3, 0.4) is 0 Å². The maximum atomic E-state index is 11.5.